The largest absolute Gasteiger partial charge is 0.496 e. The fourth-order valence-corrected chi connectivity index (χ4v) is 4.72. The molecule has 0 radical (unpaired) electrons. The molecule has 0 spiro atoms. The van der Waals surface area contributed by atoms with Gasteiger partial charge in [0.15, 0.2) is 0 Å². The SMILES string of the molecule is COc1ccc(F)cc1CCn1c(=O)n(C(C)(C)C)c(=O)c2c(C)c(N/N=C\C=N)sc21. The van der Waals surface area contributed by atoms with Gasteiger partial charge in [0.05, 0.1) is 18.7 Å². The molecule has 0 bridgehead atoms. The zero-order valence-corrected chi connectivity index (χ0v) is 19.5. The summed E-state index contributed by atoms with van der Waals surface area (Å²) in [5.41, 5.74) is 2.61. The van der Waals surface area contributed by atoms with E-state index in [9.17, 15) is 14.0 Å². The number of hydrazone groups is 1. The third-order valence-electron chi connectivity index (χ3n) is 5.05. The summed E-state index contributed by atoms with van der Waals surface area (Å²) >= 11 is 1.24. The second-order valence-electron chi connectivity index (χ2n) is 8.24. The van der Waals surface area contributed by atoms with Crippen molar-refractivity contribution in [2.75, 3.05) is 12.5 Å². The van der Waals surface area contributed by atoms with Gasteiger partial charge in [0.1, 0.15) is 21.4 Å². The number of halogens is 1. The lowest BCUT2D eigenvalue weighted by atomic mass is 10.1. The van der Waals surface area contributed by atoms with Crippen LogP contribution in [0.1, 0.15) is 31.9 Å². The maximum absolute atomic E-state index is 13.8. The Hall–Kier alpha value is -3.27. The normalized spacial score (nSPS) is 11.9. The monoisotopic (exact) mass is 459 g/mol. The van der Waals surface area contributed by atoms with E-state index >= 15 is 0 Å². The first-order chi connectivity index (χ1) is 15.1. The van der Waals surface area contributed by atoms with E-state index in [2.05, 4.69) is 10.5 Å². The molecule has 0 saturated carbocycles. The fraction of sp³-hybridized carbons (Fsp3) is 0.364. The molecular weight excluding hydrogens is 433 g/mol. The van der Waals surface area contributed by atoms with Gasteiger partial charge in [0.2, 0.25) is 0 Å². The first-order valence-electron chi connectivity index (χ1n) is 10.00. The number of rotatable bonds is 7. The number of nitrogens with zero attached hydrogens (tertiary/aromatic N) is 3. The van der Waals surface area contributed by atoms with E-state index in [0.29, 0.717) is 38.5 Å². The molecule has 0 aliphatic carbocycles. The zero-order valence-electron chi connectivity index (χ0n) is 18.7. The van der Waals surface area contributed by atoms with Crippen LogP contribution in [-0.4, -0.2) is 28.7 Å². The third-order valence-corrected chi connectivity index (χ3v) is 6.27. The standard InChI is InChI=1S/C22H26FN5O3S/c1-13-17-19(29)28(22(2,3)4)21(30)27(20(17)32-18(13)26-25-10-9-24)11-8-14-12-15(23)6-7-16(14)31-5/h6-7,9-10,12,24,26H,8,11H2,1-5H3/b24-9?,25-10-. The lowest BCUT2D eigenvalue weighted by molar-refractivity contribution is 0.358. The molecule has 2 N–H and O–H groups in total. The number of aryl methyl sites for hydroxylation is 3. The lowest BCUT2D eigenvalue weighted by Gasteiger charge is -2.23. The third kappa shape index (κ3) is 4.36. The van der Waals surface area contributed by atoms with Gasteiger partial charge < -0.3 is 10.1 Å². The summed E-state index contributed by atoms with van der Waals surface area (Å²) in [6, 6.07) is 4.26. The Morgan fingerprint density at radius 1 is 1.31 bits per heavy atom. The fourth-order valence-electron chi connectivity index (χ4n) is 3.55. The summed E-state index contributed by atoms with van der Waals surface area (Å²) in [4.78, 5) is 27.3. The second kappa shape index (κ2) is 9.07. The van der Waals surface area contributed by atoms with Crippen LogP contribution in [0.2, 0.25) is 0 Å². The maximum atomic E-state index is 13.8. The Bertz CT molecular complexity index is 1310. The van der Waals surface area contributed by atoms with Crippen LogP contribution in [0, 0.1) is 18.2 Å². The highest BCUT2D eigenvalue weighted by Crippen LogP contribution is 2.33. The molecule has 0 atom stereocenters. The first kappa shape index (κ1) is 23.4. The highest BCUT2D eigenvalue weighted by atomic mass is 32.1. The average molecular weight is 460 g/mol. The van der Waals surface area contributed by atoms with Crippen LogP contribution in [0.25, 0.3) is 10.2 Å². The van der Waals surface area contributed by atoms with E-state index in [-0.39, 0.29) is 17.9 Å². The first-order valence-corrected chi connectivity index (χ1v) is 10.8. The lowest BCUT2D eigenvalue weighted by Crippen LogP contribution is -2.47. The quantitative estimate of drug-likeness (QED) is 0.415. The van der Waals surface area contributed by atoms with Gasteiger partial charge in [-0.05, 0) is 57.9 Å². The maximum Gasteiger partial charge on any atom is 0.332 e. The minimum absolute atomic E-state index is 0.231. The van der Waals surface area contributed by atoms with Crippen LogP contribution in [0.4, 0.5) is 9.39 Å². The number of anilines is 1. The molecule has 8 nitrogen and oxygen atoms in total. The summed E-state index contributed by atoms with van der Waals surface area (Å²) in [6.45, 7) is 7.43. The van der Waals surface area contributed by atoms with Crippen molar-refractivity contribution in [1.29, 1.82) is 5.41 Å². The van der Waals surface area contributed by atoms with Crippen LogP contribution in [-0.2, 0) is 18.5 Å². The van der Waals surface area contributed by atoms with Crippen molar-refractivity contribution < 1.29 is 9.13 Å². The number of benzene rings is 1. The van der Waals surface area contributed by atoms with Crippen molar-refractivity contribution in [1.82, 2.24) is 9.13 Å². The predicted octanol–water partition coefficient (Wildman–Crippen LogP) is 3.73. The molecule has 0 aliphatic rings. The Morgan fingerprint density at radius 3 is 2.66 bits per heavy atom. The molecule has 10 heteroatoms. The van der Waals surface area contributed by atoms with E-state index in [1.165, 1.54) is 41.4 Å². The zero-order chi connectivity index (χ0) is 23.6. The molecule has 0 amide bonds. The Balaban J connectivity index is 2.22. The number of hydrogen-bond donors (Lipinski definition) is 2. The Kier molecular flexibility index (Phi) is 6.63. The number of aromatic nitrogens is 2. The molecule has 0 unspecified atom stereocenters. The number of thiophene rings is 1. The summed E-state index contributed by atoms with van der Waals surface area (Å²) in [5, 5.41) is 12.0. The molecular formula is C22H26FN5O3S. The number of methoxy groups -OCH3 is 1. The summed E-state index contributed by atoms with van der Waals surface area (Å²) in [6.07, 6.45) is 2.65. The van der Waals surface area contributed by atoms with Gasteiger partial charge in [0.25, 0.3) is 5.56 Å². The van der Waals surface area contributed by atoms with Gasteiger partial charge in [-0.2, -0.15) is 5.10 Å². The number of hydrogen-bond acceptors (Lipinski definition) is 7. The average Bonchev–Trinajstić information content (AvgIpc) is 3.03. The van der Waals surface area contributed by atoms with Crippen LogP contribution < -0.4 is 21.4 Å². The summed E-state index contributed by atoms with van der Waals surface area (Å²) < 4.78 is 21.9. The summed E-state index contributed by atoms with van der Waals surface area (Å²) in [7, 11) is 1.51. The Morgan fingerprint density at radius 2 is 2.03 bits per heavy atom. The molecule has 2 aromatic heterocycles. The molecule has 0 aliphatic heterocycles. The topological polar surface area (TPSA) is 101 Å². The second-order valence-corrected chi connectivity index (χ2v) is 9.24. The minimum Gasteiger partial charge on any atom is -0.496 e. The van der Waals surface area contributed by atoms with Crippen molar-refractivity contribution in [3.63, 3.8) is 0 Å². The van der Waals surface area contributed by atoms with Crippen LogP contribution in [0.5, 0.6) is 5.75 Å². The smallest absolute Gasteiger partial charge is 0.332 e. The number of ether oxygens (including phenoxy) is 1. The van der Waals surface area contributed by atoms with E-state index < -0.39 is 11.2 Å². The molecule has 32 heavy (non-hydrogen) atoms. The number of fused-ring (bicyclic) bond motifs is 1. The van der Waals surface area contributed by atoms with Crippen molar-refractivity contribution in [2.24, 2.45) is 5.10 Å². The van der Waals surface area contributed by atoms with Crippen LogP contribution in [0.15, 0.2) is 32.9 Å². The molecule has 2 heterocycles. The van der Waals surface area contributed by atoms with Crippen LogP contribution >= 0.6 is 11.3 Å². The predicted molar refractivity (Wildman–Crippen MR) is 128 cm³/mol. The minimum atomic E-state index is -0.735. The van der Waals surface area contributed by atoms with Gasteiger partial charge in [0, 0.05) is 23.9 Å². The van der Waals surface area contributed by atoms with Crippen LogP contribution in [0.3, 0.4) is 0 Å². The van der Waals surface area contributed by atoms with Crippen molar-refractivity contribution in [3.8, 4) is 5.75 Å². The van der Waals surface area contributed by atoms with Crippen molar-refractivity contribution in [2.45, 2.75) is 46.2 Å². The van der Waals surface area contributed by atoms with E-state index in [1.54, 1.807) is 38.3 Å². The van der Waals surface area contributed by atoms with Crippen molar-refractivity contribution in [3.05, 3.63) is 56.0 Å². The van der Waals surface area contributed by atoms with Gasteiger partial charge in [-0.15, -0.1) is 0 Å². The molecule has 3 rings (SSSR count). The molecule has 0 saturated heterocycles. The molecule has 170 valence electrons. The molecule has 3 aromatic rings. The van der Waals surface area contributed by atoms with E-state index in [4.69, 9.17) is 10.1 Å². The highest BCUT2D eigenvalue weighted by Gasteiger charge is 2.25. The summed E-state index contributed by atoms with van der Waals surface area (Å²) in [5.74, 6) is 0.144. The van der Waals surface area contributed by atoms with Gasteiger partial charge in [-0.1, -0.05) is 11.3 Å². The van der Waals surface area contributed by atoms with Crippen molar-refractivity contribution >= 4 is 39.0 Å². The highest BCUT2D eigenvalue weighted by molar-refractivity contribution is 7.22. The van der Waals surface area contributed by atoms with Gasteiger partial charge >= 0.3 is 5.69 Å². The van der Waals surface area contributed by atoms with E-state index in [1.807, 2.05) is 0 Å². The number of nitrogens with one attached hydrogen (secondary N) is 2. The Labute approximate surface area is 188 Å². The molecule has 1 aromatic carbocycles. The van der Waals surface area contributed by atoms with Gasteiger partial charge in [-0.25, -0.2) is 9.18 Å². The van der Waals surface area contributed by atoms with E-state index in [0.717, 1.165) is 6.21 Å². The molecule has 0 fully saturated rings. The van der Waals surface area contributed by atoms with Gasteiger partial charge in [-0.3, -0.25) is 19.4 Å².